The van der Waals surface area contributed by atoms with E-state index in [1.807, 2.05) is 32.0 Å². The standard InChI is InChI=1S/C35H44ClN3O7S/c1-24-21-39(25(2)23-40)35(42)31-20-29(37-47(43,44)30-16-13-28(36)14-17-30)15-18-32(31)46-26(3)10-8-9-19-45-33(24)22-38(4)34(41)27-11-6-5-7-12-27/h5-7,11-18,20,24-26,33,37,40H,8-10,19,21-23H2,1-4H3/t24-,25-,26+,33-/m1/s1. The Labute approximate surface area is 282 Å². The van der Waals surface area contributed by atoms with E-state index in [2.05, 4.69) is 4.72 Å². The number of fused-ring (bicyclic) bond motifs is 1. The van der Waals surface area contributed by atoms with Crippen LogP contribution in [0.4, 0.5) is 5.69 Å². The Morgan fingerprint density at radius 3 is 2.47 bits per heavy atom. The van der Waals surface area contributed by atoms with Crippen LogP contribution in [-0.4, -0.2) is 86.7 Å². The number of carbonyl (C=O) groups excluding carboxylic acids is 2. The molecular formula is C35H44ClN3O7S. The van der Waals surface area contributed by atoms with Gasteiger partial charge in [0.1, 0.15) is 5.75 Å². The highest BCUT2D eigenvalue weighted by Crippen LogP contribution is 2.30. The molecule has 47 heavy (non-hydrogen) atoms. The predicted octanol–water partition coefficient (Wildman–Crippen LogP) is 5.71. The monoisotopic (exact) mass is 685 g/mol. The van der Waals surface area contributed by atoms with E-state index in [0.717, 1.165) is 12.8 Å². The van der Waals surface area contributed by atoms with Crippen molar-refractivity contribution in [1.29, 1.82) is 0 Å². The minimum atomic E-state index is -3.99. The van der Waals surface area contributed by atoms with E-state index >= 15 is 0 Å². The lowest BCUT2D eigenvalue weighted by Gasteiger charge is -2.36. The number of nitrogens with zero attached hydrogens (tertiary/aromatic N) is 2. The molecule has 0 saturated heterocycles. The lowest BCUT2D eigenvalue weighted by molar-refractivity contribution is -0.0149. The second kappa shape index (κ2) is 16.5. The molecule has 12 heteroatoms. The van der Waals surface area contributed by atoms with Crippen molar-refractivity contribution in [2.45, 2.75) is 63.2 Å². The van der Waals surface area contributed by atoms with Gasteiger partial charge in [-0.2, -0.15) is 0 Å². The summed E-state index contributed by atoms with van der Waals surface area (Å²) in [6, 6.07) is 18.8. The Hall–Kier alpha value is -3.64. The summed E-state index contributed by atoms with van der Waals surface area (Å²) >= 11 is 5.94. The number of carbonyl (C=O) groups is 2. The normalized spacial score (nSPS) is 20.3. The summed E-state index contributed by atoms with van der Waals surface area (Å²) in [7, 11) is -2.25. The van der Waals surface area contributed by atoms with Crippen molar-refractivity contribution in [3.63, 3.8) is 0 Å². The molecule has 4 rings (SSSR count). The Morgan fingerprint density at radius 1 is 1.09 bits per heavy atom. The van der Waals surface area contributed by atoms with Crippen LogP contribution in [-0.2, 0) is 14.8 Å². The maximum Gasteiger partial charge on any atom is 0.261 e. The summed E-state index contributed by atoms with van der Waals surface area (Å²) in [6.45, 7) is 6.30. The predicted molar refractivity (Wildman–Crippen MR) is 183 cm³/mol. The van der Waals surface area contributed by atoms with E-state index < -0.39 is 28.1 Å². The van der Waals surface area contributed by atoms with Crippen molar-refractivity contribution in [2.24, 2.45) is 5.92 Å². The van der Waals surface area contributed by atoms with Crippen LogP contribution < -0.4 is 9.46 Å². The Balaban J connectivity index is 1.66. The molecule has 1 aliphatic rings. The molecule has 3 aromatic carbocycles. The van der Waals surface area contributed by atoms with E-state index in [0.29, 0.717) is 35.9 Å². The third-order valence-corrected chi connectivity index (χ3v) is 9.90. The molecule has 0 spiro atoms. The molecule has 0 bridgehead atoms. The van der Waals surface area contributed by atoms with Crippen molar-refractivity contribution in [3.05, 3.63) is 88.9 Å². The average molecular weight is 686 g/mol. The van der Waals surface area contributed by atoms with Gasteiger partial charge in [0.2, 0.25) is 0 Å². The first-order valence-corrected chi connectivity index (χ1v) is 17.7. The Morgan fingerprint density at radius 2 is 1.79 bits per heavy atom. The maximum atomic E-state index is 14.3. The van der Waals surface area contributed by atoms with E-state index in [9.17, 15) is 23.1 Å². The van der Waals surface area contributed by atoms with Crippen LogP contribution >= 0.6 is 11.6 Å². The van der Waals surface area contributed by atoms with Gasteiger partial charge in [-0.1, -0.05) is 36.7 Å². The zero-order valence-corrected chi connectivity index (χ0v) is 28.8. The van der Waals surface area contributed by atoms with Gasteiger partial charge in [-0.15, -0.1) is 0 Å². The van der Waals surface area contributed by atoms with Crippen molar-refractivity contribution < 1.29 is 32.6 Å². The minimum Gasteiger partial charge on any atom is -0.490 e. The van der Waals surface area contributed by atoms with Crippen LogP contribution in [0, 0.1) is 5.92 Å². The molecule has 2 amide bonds. The number of halogens is 1. The lowest BCUT2D eigenvalue weighted by Crippen LogP contribution is -2.48. The quantitative estimate of drug-likeness (QED) is 0.311. The highest BCUT2D eigenvalue weighted by molar-refractivity contribution is 7.92. The summed E-state index contributed by atoms with van der Waals surface area (Å²) in [5.41, 5.74) is 0.908. The van der Waals surface area contributed by atoms with E-state index in [1.54, 1.807) is 48.0 Å². The van der Waals surface area contributed by atoms with Gasteiger partial charge in [0.25, 0.3) is 21.8 Å². The molecule has 0 unspecified atom stereocenters. The van der Waals surface area contributed by atoms with E-state index in [-0.39, 0.29) is 47.2 Å². The number of nitrogens with one attached hydrogen (secondary N) is 1. The zero-order chi connectivity index (χ0) is 34.1. The molecule has 2 N–H and O–H groups in total. The molecule has 4 atom stereocenters. The molecule has 0 radical (unpaired) electrons. The smallest absolute Gasteiger partial charge is 0.261 e. The fraction of sp³-hybridized carbons (Fsp3) is 0.429. The molecule has 10 nitrogen and oxygen atoms in total. The number of aliphatic hydroxyl groups excluding tert-OH is 1. The number of hydrogen-bond donors (Lipinski definition) is 2. The van der Waals surface area contributed by atoms with Gasteiger partial charge in [-0.05, 0) is 87.7 Å². The van der Waals surface area contributed by atoms with Crippen LogP contribution in [0.15, 0.2) is 77.7 Å². The lowest BCUT2D eigenvalue weighted by atomic mass is 10.0. The van der Waals surface area contributed by atoms with Gasteiger partial charge >= 0.3 is 0 Å². The van der Waals surface area contributed by atoms with Crippen molar-refractivity contribution in [1.82, 2.24) is 9.80 Å². The van der Waals surface area contributed by atoms with Crippen LogP contribution in [0.3, 0.4) is 0 Å². The molecule has 0 saturated carbocycles. The second-order valence-electron chi connectivity index (χ2n) is 12.1. The van der Waals surface area contributed by atoms with Crippen molar-refractivity contribution in [2.75, 3.05) is 38.1 Å². The molecule has 0 aliphatic carbocycles. The molecule has 0 aromatic heterocycles. The first-order valence-electron chi connectivity index (χ1n) is 15.8. The molecular weight excluding hydrogens is 642 g/mol. The number of sulfonamides is 1. The average Bonchev–Trinajstić information content (AvgIpc) is 3.06. The first-order chi connectivity index (χ1) is 22.4. The molecule has 3 aromatic rings. The number of hydrogen-bond acceptors (Lipinski definition) is 7. The number of amides is 2. The largest absolute Gasteiger partial charge is 0.490 e. The zero-order valence-electron chi connectivity index (χ0n) is 27.3. The molecule has 254 valence electrons. The number of likely N-dealkylation sites (N-methyl/N-ethyl adjacent to an activating group) is 1. The fourth-order valence-electron chi connectivity index (χ4n) is 5.43. The number of rotatable bonds is 8. The summed E-state index contributed by atoms with van der Waals surface area (Å²) in [6.07, 6.45) is 1.65. The van der Waals surface area contributed by atoms with Gasteiger partial charge in [-0.25, -0.2) is 8.42 Å². The first kappa shape index (κ1) is 36.2. The number of benzene rings is 3. The summed E-state index contributed by atoms with van der Waals surface area (Å²) in [4.78, 5) is 30.7. The fourth-order valence-corrected chi connectivity index (χ4v) is 6.61. The molecule has 1 heterocycles. The van der Waals surface area contributed by atoms with Crippen LogP contribution in [0.25, 0.3) is 0 Å². The van der Waals surface area contributed by atoms with Crippen LogP contribution in [0.5, 0.6) is 5.75 Å². The molecule has 1 aliphatic heterocycles. The van der Waals surface area contributed by atoms with Gasteiger partial charge < -0.3 is 24.4 Å². The highest BCUT2D eigenvalue weighted by Gasteiger charge is 2.31. The van der Waals surface area contributed by atoms with Gasteiger partial charge in [-0.3, -0.25) is 14.3 Å². The summed E-state index contributed by atoms with van der Waals surface area (Å²) in [5.74, 6) is -0.488. The van der Waals surface area contributed by atoms with Crippen LogP contribution in [0.1, 0.15) is 60.7 Å². The second-order valence-corrected chi connectivity index (χ2v) is 14.2. The van der Waals surface area contributed by atoms with Gasteiger partial charge in [0.15, 0.2) is 0 Å². The van der Waals surface area contributed by atoms with Gasteiger partial charge in [0, 0.05) is 48.9 Å². The number of anilines is 1. The minimum absolute atomic E-state index is 0.0179. The Kier molecular flexibility index (Phi) is 12.7. The third kappa shape index (κ3) is 9.70. The van der Waals surface area contributed by atoms with Gasteiger partial charge in [0.05, 0.1) is 35.3 Å². The number of aliphatic hydroxyl groups is 1. The maximum absolute atomic E-state index is 14.3. The summed E-state index contributed by atoms with van der Waals surface area (Å²) < 4.78 is 41.5. The SMILES string of the molecule is C[C@@H]1CN([C@H](C)CO)C(=O)c2cc(NS(=O)(=O)c3ccc(Cl)cc3)ccc2O[C@@H](C)CCCCO[C@@H]1CN(C)C(=O)c1ccccc1. The third-order valence-electron chi connectivity index (χ3n) is 8.25. The Bertz CT molecular complexity index is 1610. The number of ether oxygens (including phenoxy) is 2. The summed E-state index contributed by atoms with van der Waals surface area (Å²) in [5, 5.41) is 10.6. The van der Waals surface area contributed by atoms with Crippen LogP contribution in [0.2, 0.25) is 5.02 Å². The van der Waals surface area contributed by atoms with E-state index in [1.165, 1.54) is 30.3 Å². The molecule has 0 fully saturated rings. The highest BCUT2D eigenvalue weighted by atomic mass is 35.5. The van der Waals surface area contributed by atoms with Crippen molar-refractivity contribution >= 4 is 39.1 Å². The van der Waals surface area contributed by atoms with Crippen molar-refractivity contribution in [3.8, 4) is 5.75 Å². The topological polar surface area (TPSA) is 125 Å². The van der Waals surface area contributed by atoms with E-state index in [4.69, 9.17) is 21.1 Å².